The van der Waals surface area contributed by atoms with Crippen molar-refractivity contribution in [3.05, 3.63) is 35.4 Å². The Hall–Kier alpha value is -2.09. The Morgan fingerprint density at radius 1 is 1.14 bits per heavy atom. The van der Waals surface area contributed by atoms with E-state index in [0.717, 1.165) is 6.26 Å². The predicted octanol–water partition coefficient (Wildman–Crippen LogP) is 0.271. The number of amides is 2. The fourth-order valence-corrected chi connectivity index (χ4v) is 2.14. The lowest BCUT2D eigenvalue weighted by Crippen LogP contribution is -2.38. The molecule has 0 bridgehead atoms. The average Bonchev–Trinajstić information content (AvgIpc) is 2.37. The first-order valence-electron chi connectivity index (χ1n) is 6.30. The van der Waals surface area contributed by atoms with Gasteiger partial charge in [0.1, 0.15) is 9.84 Å². The molecule has 0 aliphatic rings. The number of aromatic carboxylic acids is 1. The van der Waals surface area contributed by atoms with E-state index in [4.69, 9.17) is 5.11 Å². The molecule has 0 saturated carbocycles. The van der Waals surface area contributed by atoms with Crippen molar-refractivity contribution in [3.63, 3.8) is 0 Å². The van der Waals surface area contributed by atoms with E-state index in [2.05, 4.69) is 10.6 Å². The average molecular weight is 314 g/mol. The molecule has 0 heterocycles. The number of nitrogens with one attached hydrogen (secondary N) is 2. The van der Waals surface area contributed by atoms with E-state index in [1.54, 1.807) is 18.2 Å². The Labute approximate surface area is 123 Å². The molecule has 7 nitrogen and oxygen atoms in total. The van der Waals surface area contributed by atoms with Gasteiger partial charge in [0.05, 0.1) is 11.3 Å². The molecule has 0 saturated heterocycles. The number of hydrogen-bond acceptors (Lipinski definition) is 4. The fraction of sp³-hybridized carbons (Fsp3) is 0.385. The second-order valence-electron chi connectivity index (χ2n) is 4.52. The van der Waals surface area contributed by atoms with Gasteiger partial charge in [-0.1, -0.05) is 18.2 Å². The maximum atomic E-state index is 11.4. The van der Waals surface area contributed by atoms with E-state index in [-0.39, 0.29) is 24.4 Å². The second-order valence-corrected chi connectivity index (χ2v) is 6.78. The number of benzene rings is 1. The van der Waals surface area contributed by atoms with Crippen molar-refractivity contribution < 1.29 is 23.1 Å². The Kier molecular flexibility index (Phi) is 6.16. The normalized spacial score (nSPS) is 10.9. The summed E-state index contributed by atoms with van der Waals surface area (Å²) < 4.78 is 21.8. The van der Waals surface area contributed by atoms with Crippen LogP contribution < -0.4 is 10.6 Å². The van der Waals surface area contributed by atoms with Crippen LogP contribution in [-0.2, 0) is 16.3 Å². The first-order valence-corrected chi connectivity index (χ1v) is 8.36. The number of carbonyl (C=O) groups is 2. The topological polar surface area (TPSA) is 113 Å². The number of carboxylic acid groups (broad SMARTS) is 1. The molecule has 0 aliphatic carbocycles. The molecule has 0 atom stereocenters. The largest absolute Gasteiger partial charge is 0.478 e. The SMILES string of the molecule is CS(=O)(=O)CCNC(=O)NCCc1ccccc1C(=O)O. The molecule has 1 aromatic carbocycles. The van der Waals surface area contributed by atoms with Crippen molar-refractivity contribution in [2.45, 2.75) is 6.42 Å². The monoisotopic (exact) mass is 314 g/mol. The summed E-state index contributed by atoms with van der Waals surface area (Å²) in [4.78, 5) is 22.4. The molecule has 0 aromatic heterocycles. The van der Waals surface area contributed by atoms with Crippen molar-refractivity contribution in [2.24, 2.45) is 0 Å². The van der Waals surface area contributed by atoms with E-state index in [0.29, 0.717) is 12.0 Å². The van der Waals surface area contributed by atoms with Gasteiger partial charge in [-0.25, -0.2) is 18.0 Å². The van der Waals surface area contributed by atoms with Gasteiger partial charge in [-0.15, -0.1) is 0 Å². The van der Waals surface area contributed by atoms with E-state index in [1.165, 1.54) is 6.07 Å². The second kappa shape index (κ2) is 7.63. The summed E-state index contributed by atoms with van der Waals surface area (Å²) >= 11 is 0. The fourth-order valence-electron chi connectivity index (χ4n) is 1.67. The van der Waals surface area contributed by atoms with Gasteiger partial charge in [0.15, 0.2) is 0 Å². The van der Waals surface area contributed by atoms with Crippen molar-refractivity contribution in [1.82, 2.24) is 10.6 Å². The maximum absolute atomic E-state index is 11.4. The summed E-state index contributed by atoms with van der Waals surface area (Å²) in [5, 5.41) is 14.0. The molecule has 0 spiro atoms. The molecular weight excluding hydrogens is 296 g/mol. The minimum Gasteiger partial charge on any atom is -0.478 e. The summed E-state index contributed by atoms with van der Waals surface area (Å²) in [5.41, 5.74) is 0.832. The van der Waals surface area contributed by atoms with Crippen LogP contribution in [0.15, 0.2) is 24.3 Å². The van der Waals surface area contributed by atoms with Crippen molar-refractivity contribution in [2.75, 3.05) is 25.1 Å². The van der Waals surface area contributed by atoms with Crippen LogP contribution in [0.3, 0.4) is 0 Å². The Morgan fingerprint density at radius 2 is 1.76 bits per heavy atom. The van der Waals surface area contributed by atoms with Crippen LogP contribution >= 0.6 is 0 Å². The van der Waals surface area contributed by atoms with E-state index in [1.807, 2.05) is 0 Å². The lowest BCUT2D eigenvalue weighted by atomic mass is 10.0. The van der Waals surface area contributed by atoms with E-state index < -0.39 is 21.8 Å². The third-order valence-electron chi connectivity index (χ3n) is 2.69. The highest BCUT2D eigenvalue weighted by molar-refractivity contribution is 7.90. The van der Waals surface area contributed by atoms with Gasteiger partial charge >= 0.3 is 12.0 Å². The zero-order valence-electron chi connectivity index (χ0n) is 11.6. The summed E-state index contributed by atoms with van der Waals surface area (Å²) in [6, 6.07) is 6.08. The molecular formula is C13H18N2O5S. The van der Waals surface area contributed by atoms with Crippen LogP contribution in [0.25, 0.3) is 0 Å². The summed E-state index contributed by atoms with van der Waals surface area (Å²) in [6.45, 7) is 0.297. The van der Waals surface area contributed by atoms with E-state index in [9.17, 15) is 18.0 Å². The highest BCUT2D eigenvalue weighted by Gasteiger charge is 2.09. The first-order chi connectivity index (χ1) is 9.79. The van der Waals surface area contributed by atoms with Crippen LogP contribution in [0, 0.1) is 0 Å². The minimum atomic E-state index is -3.11. The van der Waals surface area contributed by atoms with Gasteiger partial charge in [-0.05, 0) is 18.1 Å². The molecule has 21 heavy (non-hydrogen) atoms. The molecule has 1 rings (SSSR count). The standard InChI is InChI=1S/C13H18N2O5S/c1-21(19,20)9-8-15-13(18)14-7-6-10-4-2-3-5-11(10)12(16)17/h2-5H,6-9H2,1H3,(H,16,17)(H2,14,15,18). The zero-order valence-corrected chi connectivity index (χ0v) is 12.4. The highest BCUT2D eigenvalue weighted by Crippen LogP contribution is 2.08. The number of hydrogen-bond donors (Lipinski definition) is 3. The Morgan fingerprint density at radius 3 is 2.38 bits per heavy atom. The van der Waals surface area contributed by atoms with Crippen LogP contribution in [0.2, 0.25) is 0 Å². The number of carbonyl (C=O) groups excluding carboxylic acids is 1. The Bertz CT molecular complexity index is 613. The third-order valence-corrected chi connectivity index (χ3v) is 3.63. The molecule has 3 N–H and O–H groups in total. The highest BCUT2D eigenvalue weighted by atomic mass is 32.2. The number of rotatable bonds is 7. The molecule has 8 heteroatoms. The van der Waals surface area contributed by atoms with Crippen molar-refractivity contribution >= 4 is 21.8 Å². The molecule has 0 radical (unpaired) electrons. The van der Waals surface area contributed by atoms with Crippen LogP contribution in [0.5, 0.6) is 0 Å². The molecule has 0 fully saturated rings. The lowest BCUT2D eigenvalue weighted by molar-refractivity contribution is 0.0695. The maximum Gasteiger partial charge on any atom is 0.335 e. The molecule has 0 aliphatic heterocycles. The Balaban J connectivity index is 2.37. The molecule has 2 amide bonds. The summed E-state index contributed by atoms with van der Waals surface area (Å²) in [6.07, 6.45) is 1.47. The van der Waals surface area contributed by atoms with Gasteiger partial charge in [-0.3, -0.25) is 0 Å². The first kappa shape index (κ1) is 17.0. The van der Waals surface area contributed by atoms with Gasteiger partial charge in [0, 0.05) is 19.3 Å². The third kappa shape index (κ3) is 6.75. The minimum absolute atomic E-state index is 0.0381. The lowest BCUT2D eigenvalue weighted by Gasteiger charge is -2.08. The molecule has 0 unspecified atom stereocenters. The predicted molar refractivity (Wildman–Crippen MR) is 78.2 cm³/mol. The zero-order chi connectivity index (χ0) is 15.9. The van der Waals surface area contributed by atoms with Crippen LogP contribution in [-0.4, -0.2) is 50.6 Å². The smallest absolute Gasteiger partial charge is 0.335 e. The summed E-state index contributed by atoms with van der Waals surface area (Å²) in [5.74, 6) is -1.13. The number of sulfone groups is 1. The number of carboxylic acids is 1. The van der Waals surface area contributed by atoms with Crippen LogP contribution in [0.4, 0.5) is 4.79 Å². The van der Waals surface area contributed by atoms with Crippen LogP contribution in [0.1, 0.15) is 15.9 Å². The molecule has 116 valence electrons. The van der Waals surface area contributed by atoms with Crippen molar-refractivity contribution in [1.29, 1.82) is 0 Å². The van der Waals surface area contributed by atoms with Crippen molar-refractivity contribution in [3.8, 4) is 0 Å². The molecule has 1 aromatic rings. The van der Waals surface area contributed by atoms with E-state index >= 15 is 0 Å². The van der Waals surface area contributed by atoms with Gasteiger partial charge in [-0.2, -0.15) is 0 Å². The summed E-state index contributed by atoms with van der Waals surface area (Å²) in [7, 11) is -3.11. The van der Waals surface area contributed by atoms with Gasteiger partial charge in [0.25, 0.3) is 0 Å². The quantitative estimate of drug-likeness (QED) is 0.669. The number of urea groups is 1. The van der Waals surface area contributed by atoms with Gasteiger partial charge < -0.3 is 15.7 Å². The van der Waals surface area contributed by atoms with Gasteiger partial charge in [0.2, 0.25) is 0 Å².